The third kappa shape index (κ3) is 2.71. The van der Waals surface area contributed by atoms with Gasteiger partial charge in [0, 0.05) is 5.02 Å². The zero-order valence-corrected chi connectivity index (χ0v) is 10.5. The number of aromatic nitrogens is 2. The number of hydrogen-bond donors (Lipinski definition) is 3. The molecular formula is C12H15ClN4. The SMILES string of the molecule is Cc1nc(NC(C)c2cccc(Cl)c2)c(N)[nH]1. The van der Waals surface area contributed by atoms with E-state index in [2.05, 4.69) is 15.3 Å². The minimum absolute atomic E-state index is 0.0960. The Kier molecular flexibility index (Phi) is 3.24. The second-order valence-corrected chi connectivity index (χ2v) is 4.44. The molecule has 90 valence electrons. The minimum Gasteiger partial charge on any atom is -0.382 e. The van der Waals surface area contributed by atoms with Gasteiger partial charge >= 0.3 is 0 Å². The molecule has 0 aliphatic rings. The number of nitrogens with two attached hydrogens (primary N) is 1. The Morgan fingerprint density at radius 1 is 1.47 bits per heavy atom. The molecule has 0 aliphatic heterocycles. The Morgan fingerprint density at radius 3 is 2.82 bits per heavy atom. The van der Waals surface area contributed by atoms with Gasteiger partial charge in [0.1, 0.15) is 11.6 Å². The van der Waals surface area contributed by atoms with Crippen LogP contribution in [0.5, 0.6) is 0 Å². The van der Waals surface area contributed by atoms with Crippen molar-refractivity contribution in [2.24, 2.45) is 0 Å². The highest BCUT2D eigenvalue weighted by molar-refractivity contribution is 6.30. The number of anilines is 2. The standard InChI is InChI=1S/C12H15ClN4/c1-7(9-4-3-5-10(13)6-9)15-12-11(14)16-8(2)17-12/h3-7,15H,14H2,1-2H3,(H,16,17). The molecule has 4 N–H and O–H groups in total. The predicted molar refractivity (Wildman–Crippen MR) is 71.2 cm³/mol. The molecule has 1 aromatic heterocycles. The van der Waals surface area contributed by atoms with Gasteiger partial charge in [-0.15, -0.1) is 0 Å². The molecule has 4 nitrogen and oxygen atoms in total. The van der Waals surface area contributed by atoms with E-state index in [1.165, 1.54) is 0 Å². The van der Waals surface area contributed by atoms with E-state index in [0.717, 1.165) is 16.4 Å². The summed E-state index contributed by atoms with van der Waals surface area (Å²) in [6.07, 6.45) is 0. The van der Waals surface area contributed by atoms with Crippen molar-refractivity contribution in [3.8, 4) is 0 Å². The summed E-state index contributed by atoms with van der Waals surface area (Å²) in [5.74, 6) is 2.02. The van der Waals surface area contributed by atoms with E-state index in [-0.39, 0.29) is 6.04 Å². The van der Waals surface area contributed by atoms with Crippen LogP contribution in [-0.2, 0) is 0 Å². The molecule has 1 aromatic carbocycles. The molecule has 0 amide bonds. The van der Waals surface area contributed by atoms with Crippen LogP contribution in [0.1, 0.15) is 24.4 Å². The lowest BCUT2D eigenvalue weighted by molar-refractivity contribution is 0.877. The van der Waals surface area contributed by atoms with Crippen molar-refractivity contribution in [1.82, 2.24) is 9.97 Å². The van der Waals surface area contributed by atoms with Gasteiger partial charge in [-0.2, -0.15) is 0 Å². The molecule has 0 bridgehead atoms. The minimum atomic E-state index is 0.0960. The van der Waals surface area contributed by atoms with E-state index in [1.54, 1.807) is 0 Å². The fourth-order valence-electron chi connectivity index (χ4n) is 1.68. The average Bonchev–Trinajstić information content (AvgIpc) is 2.57. The first-order valence-corrected chi connectivity index (χ1v) is 5.78. The molecule has 1 unspecified atom stereocenters. The summed E-state index contributed by atoms with van der Waals surface area (Å²) in [7, 11) is 0. The van der Waals surface area contributed by atoms with Crippen molar-refractivity contribution in [2.75, 3.05) is 11.1 Å². The van der Waals surface area contributed by atoms with Crippen molar-refractivity contribution in [2.45, 2.75) is 19.9 Å². The molecule has 2 aromatic rings. The second kappa shape index (κ2) is 4.67. The fourth-order valence-corrected chi connectivity index (χ4v) is 1.88. The average molecular weight is 251 g/mol. The summed E-state index contributed by atoms with van der Waals surface area (Å²) in [5.41, 5.74) is 6.89. The maximum Gasteiger partial charge on any atom is 0.169 e. The molecule has 0 aliphatic carbocycles. The van der Waals surface area contributed by atoms with Gasteiger partial charge in [0.25, 0.3) is 0 Å². The van der Waals surface area contributed by atoms with Crippen molar-refractivity contribution in [3.63, 3.8) is 0 Å². The molecule has 0 saturated carbocycles. The third-order valence-corrected chi connectivity index (χ3v) is 2.79. The number of aryl methyl sites for hydroxylation is 1. The van der Waals surface area contributed by atoms with Crippen molar-refractivity contribution >= 4 is 23.2 Å². The first-order valence-electron chi connectivity index (χ1n) is 5.40. The second-order valence-electron chi connectivity index (χ2n) is 4.01. The van der Waals surface area contributed by atoms with Gasteiger partial charge in [-0.3, -0.25) is 0 Å². The van der Waals surface area contributed by atoms with E-state index in [1.807, 2.05) is 38.1 Å². The molecule has 17 heavy (non-hydrogen) atoms. The van der Waals surface area contributed by atoms with E-state index >= 15 is 0 Å². The van der Waals surface area contributed by atoms with Crippen LogP contribution >= 0.6 is 11.6 Å². The first kappa shape index (κ1) is 11.8. The Morgan fingerprint density at radius 2 is 2.24 bits per heavy atom. The molecule has 1 atom stereocenters. The number of aromatic amines is 1. The van der Waals surface area contributed by atoms with Crippen LogP contribution in [0.3, 0.4) is 0 Å². The highest BCUT2D eigenvalue weighted by Crippen LogP contribution is 2.23. The number of halogens is 1. The molecule has 0 saturated heterocycles. The summed E-state index contributed by atoms with van der Waals surface area (Å²) in [5, 5.41) is 3.97. The number of imidazole rings is 1. The molecule has 5 heteroatoms. The Hall–Kier alpha value is -1.68. The summed E-state index contributed by atoms with van der Waals surface area (Å²) >= 11 is 5.95. The molecule has 0 spiro atoms. The number of nitrogens with one attached hydrogen (secondary N) is 2. The van der Waals surface area contributed by atoms with Gasteiger partial charge in [-0.25, -0.2) is 4.98 Å². The zero-order chi connectivity index (χ0) is 12.4. The third-order valence-electron chi connectivity index (χ3n) is 2.55. The number of rotatable bonds is 3. The lowest BCUT2D eigenvalue weighted by Gasteiger charge is -2.14. The van der Waals surface area contributed by atoms with Crippen LogP contribution in [0.25, 0.3) is 0 Å². The van der Waals surface area contributed by atoms with E-state index in [0.29, 0.717) is 11.6 Å². The van der Waals surface area contributed by atoms with Crippen LogP contribution in [0.15, 0.2) is 24.3 Å². The summed E-state index contributed by atoms with van der Waals surface area (Å²) < 4.78 is 0. The highest BCUT2D eigenvalue weighted by Gasteiger charge is 2.10. The lowest BCUT2D eigenvalue weighted by atomic mass is 10.1. The highest BCUT2D eigenvalue weighted by atomic mass is 35.5. The molecule has 2 rings (SSSR count). The van der Waals surface area contributed by atoms with Gasteiger partial charge in [-0.1, -0.05) is 23.7 Å². The predicted octanol–water partition coefficient (Wildman–Crippen LogP) is 3.13. The number of nitrogens with zero attached hydrogens (tertiary/aromatic N) is 1. The van der Waals surface area contributed by atoms with Gasteiger partial charge in [-0.05, 0) is 31.5 Å². The summed E-state index contributed by atoms with van der Waals surface area (Å²) in [6.45, 7) is 3.90. The Bertz CT molecular complexity index is 521. The van der Waals surface area contributed by atoms with Gasteiger partial charge in [0.15, 0.2) is 5.82 Å². The van der Waals surface area contributed by atoms with E-state index < -0.39 is 0 Å². The van der Waals surface area contributed by atoms with Crippen molar-refractivity contribution in [3.05, 3.63) is 40.7 Å². The summed E-state index contributed by atoms with van der Waals surface area (Å²) in [6, 6.07) is 7.81. The number of hydrogen-bond acceptors (Lipinski definition) is 3. The smallest absolute Gasteiger partial charge is 0.169 e. The monoisotopic (exact) mass is 250 g/mol. The van der Waals surface area contributed by atoms with Crippen LogP contribution in [0.2, 0.25) is 5.02 Å². The largest absolute Gasteiger partial charge is 0.382 e. The van der Waals surface area contributed by atoms with E-state index in [4.69, 9.17) is 17.3 Å². The van der Waals surface area contributed by atoms with Gasteiger partial charge in [0.05, 0.1) is 6.04 Å². The molecular weight excluding hydrogens is 236 g/mol. The zero-order valence-electron chi connectivity index (χ0n) is 9.79. The quantitative estimate of drug-likeness (QED) is 0.784. The topological polar surface area (TPSA) is 66.7 Å². The Labute approximate surface area is 105 Å². The molecule has 0 fully saturated rings. The van der Waals surface area contributed by atoms with Crippen LogP contribution in [-0.4, -0.2) is 9.97 Å². The normalized spacial score (nSPS) is 12.4. The fraction of sp³-hybridized carbons (Fsp3) is 0.250. The van der Waals surface area contributed by atoms with Crippen LogP contribution < -0.4 is 11.1 Å². The van der Waals surface area contributed by atoms with E-state index in [9.17, 15) is 0 Å². The molecule has 0 radical (unpaired) electrons. The number of H-pyrrole nitrogens is 1. The van der Waals surface area contributed by atoms with Crippen molar-refractivity contribution < 1.29 is 0 Å². The first-order chi connectivity index (χ1) is 8.06. The maximum atomic E-state index is 5.95. The Balaban J connectivity index is 2.16. The molecule has 1 heterocycles. The number of nitrogen functional groups attached to an aromatic ring is 1. The van der Waals surface area contributed by atoms with Crippen LogP contribution in [0.4, 0.5) is 11.6 Å². The maximum absolute atomic E-state index is 5.95. The van der Waals surface area contributed by atoms with Crippen LogP contribution in [0, 0.1) is 6.92 Å². The number of benzene rings is 1. The van der Waals surface area contributed by atoms with Gasteiger partial charge in [0.2, 0.25) is 0 Å². The van der Waals surface area contributed by atoms with Gasteiger partial charge < -0.3 is 16.0 Å². The summed E-state index contributed by atoms with van der Waals surface area (Å²) in [4.78, 5) is 7.23. The van der Waals surface area contributed by atoms with Crippen molar-refractivity contribution in [1.29, 1.82) is 0 Å². The lowest BCUT2D eigenvalue weighted by Crippen LogP contribution is -2.08.